The molecule has 78 valence electrons. The van der Waals surface area contributed by atoms with Gasteiger partial charge in [0, 0.05) is 9.45 Å². The molecule has 0 bridgehead atoms. The fourth-order valence-electron chi connectivity index (χ4n) is 0.988. The molecule has 0 saturated carbocycles. The van der Waals surface area contributed by atoms with Crippen molar-refractivity contribution in [3.63, 3.8) is 0 Å². The number of aromatic nitrogens is 1. The minimum absolute atomic E-state index is 0.00557. The first-order valence-electron chi connectivity index (χ1n) is 3.73. The quantitative estimate of drug-likeness (QED) is 0.681. The summed E-state index contributed by atoms with van der Waals surface area (Å²) in [5.41, 5.74) is 0.225. The van der Waals surface area contributed by atoms with Gasteiger partial charge in [0.25, 0.3) is 6.43 Å². The summed E-state index contributed by atoms with van der Waals surface area (Å²) in [4.78, 5) is 3.67. The van der Waals surface area contributed by atoms with Gasteiger partial charge >= 0.3 is 0 Å². The Balaban J connectivity index is 3.25. The SMILES string of the molecule is OCc1nc(C(F)F)c(CCl)cc1I. The first-order valence-corrected chi connectivity index (χ1v) is 5.34. The van der Waals surface area contributed by atoms with Gasteiger partial charge in [0.1, 0.15) is 5.69 Å². The maximum atomic E-state index is 12.5. The molecular weight excluding hydrogens is 326 g/mol. The molecule has 0 saturated heterocycles. The molecule has 1 heterocycles. The van der Waals surface area contributed by atoms with E-state index in [9.17, 15) is 8.78 Å². The third-order valence-corrected chi connectivity index (χ3v) is 2.88. The van der Waals surface area contributed by atoms with Gasteiger partial charge in [0.05, 0.1) is 12.3 Å². The lowest BCUT2D eigenvalue weighted by Gasteiger charge is -2.08. The molecule has 1 N–H and O–H groups in total. The van der Waals surface area contributed by atoms with Crippen LogP contribution in [-0.2, 0) is 12.5 Å². The van der Waals surface area contributed by atoms with Crippen molar-refractivity contribution < 1.29 is 13.9 Å². The van der Waals surface area contributed by atoms with E-state index in [1.807, 2.05) is 22.6 Å². The van der Waals surface area contributed by atoms with E-state index in [1.54, 1.807) is 0 Å². The molecule has 6 heteroatoms. The number of alkyl halides is 3. The zero-order chi connectivity index (χ0) is 10.7. The predicted molar refractivity (Wildman–Crippen MR) is 57.4 cm³/mol. The van der Waals surface area contributed by atoms with Crippen LogP contribution in [0.5, 0.6) is 0 Å². The first kappa shape index (κ1) is 12.1. The molecule has 0 aliphatic rings. The summed E-state index contributed by atoms with van der Waals surface area (Å²) in [7, 11) is 0. The zero-order valence-electron chi connectivity index (χ0n) is 6.98. The number of hydrogen-bond donors (Lipinski definition) is 1. The highest BCUT2D eigenvalue weighted by molar-refractivity contribution is 14.1. The smallest absolute Gasteiger partial charge is 0.280 e. The number of aliphatic hydroxyl groups excluding tert-OH is 1. The molecular formula is C8H7ClF2INO. The van der Waals surface area contributed by atoms with Gasteiger partial charge in [0.15, 0.2) is 0 Å². The summed E-state index contributed by atoms with van der Waals surface area (Å²) >= 11 is 7.43. The van der Waals surface area contributed by atoms with Crippen molar-refractivity contribution >= 4 is 34.2 Å². The number of hydrogen-bond acceptors (Lipinski definition) is 2. The lowest BCUT2D eigenvalue weighted by Crippen LogP contribution is -2.03. The van der Waals surface area contributed by atoms with Crippen LogP contribution in [0.25, 0.3) is 0 Å². The van der Waals surface area contributed by atoms with E-state index >= 15 is 0 Å². The van der Waals surface area contributed by atoms with Crippen molar-refractivity contribution in [1.29, 1.82) is 0 Å². The van der Waals surface area contributed by atoms with Crippen LogP contribution in [-0.4, -0.2) is 10.1 Å². The van der Waals surface area contributed by atoms with Gasteiger partial charge in [-0.05, 0) is 34.2 Å². The first-order chi connectivity index (χ1) is 6.60. The Kier molecular flexibility index (Phi) is 4.46. The van der Waals surface area contributed by atoms with Crippen LogP contribution in [0.2, 0.25) is 0 Å². The van der Waals surface area contributed by atoms with Crippen molar-refractivity contribution in [2.75, 3.05) is 0 Å². The number of halogens is 4. The number of aliphatic hydroxyl groups is 1. The second-order valence-corrected chi connectivity index (χ2v) is 3.98. The molecule has 0 spiro atoms. The van der Waals surface area contributed by atoms with Crippen LogP contribution in [0.15, 0.2) is 6.07 Å². The van der Waals surface area contributed by atoms with Crippen LogP contribution < -0.4 is 0 Å². The van der Waals surface area contributed by atoms with Gasteiger partial charge in [-0.2, -0.15) is 0 Å². The highest BCUT2D eigenvalue weighted by Gasteiger charge is 2.16. The van der Waals surface area contributed by atoms with Crippen LogP contribution in [0.1, 0.15) is 23.4 Å². The number of nitrogens with zero attached hydrogens (tertiary/aromatic N) is 1. The lowest BCUT2D eigenvalue weighted by molar-refractivity contribution is 0.144. The highest BCUT2D eigenvalue weighted by Crippen LogP contribution is 2.25. The lowest BCUT2D eigenvalue weighted by atomic mass is 10.2. The van der Waals surface area contributed by atoms with E-state index in [2.05, 4.69) is 4.98 Å². The van der Waals surface area contributed by atoms with Gasteiger partial charge in [-0.25, -0.2) is 13.8 Å². The Morgan fingerprint density at radius 3 is 2.64 bits per heavy atom. The molecule has 2 nitrogen and oxygen atoms in total. The number of rotatable bonds is 3. The molecule has 1 aromatic rings. The molecule has 0 aliphatic carbocycles. The summed E-state index contributed by atoms with van der Waals surface area (Å²) in [6, 6.07) is 1.52. The van der Waals surface area contributed by atoms with Crippen LogP contribution in [0.4, 0.5) is 8.78 Å². The molecule has 0 unspecified atom stereocenters. The van der Waals surface area contributed by atoms with Crippen LogP contribution in [0.3, 0.4) is 0 Å². The normalized spacial score (nSPS) is 11.0. The minimum Gasteiger partial charge on any atom is -0.390 e. The van der Waals surface area contributed by atoms with Crippen molar-refractivity contribution in [2.24, 2.45) is 0 Å². The maximum Gasteiger partial charge on any atom is 0.280 e. The zero-order valence-corrected chi connectivity index (χ0v) is 9.89. The third-order valence-electron chi connectivity index (χ3n) is 1.66. The van der Waals surface area contributed by atoms with Gasteiger partial charge in [-0.1, -0.05) is 0 Å². The van der Waals surface area contributed by atoms with Crippen molar-refractivity contribution in [3.05, 3.63) is 26.6 Å². The maximum absolute atomic E-state index is 12.5. The number of pyridine rings is 1. The van der Waals surface area contributed by atoms with Gasteiger partial charge in [0.2, 0.25) is 0 Å². The minimum atomic E-state index is -2.66. The third kappa shape index (κ3) is 2.52. The summed E-state index contributed by atoms with van der Waals surface area (Å²) < 4.78 is 25.6. The Labute approximate surface area is 98.4 Å². The topological polar surface area (TPSA) is 33.1 Å². The van der Waals surface area contributed by atoms with Crippen molar-refractivity contribution in [1.82, 2.24) is 4.98 Å². The van der Waals surface area contributed by atoms with E-state index < -0.39 is 6.43 Å². The fourth-order valence-corrected chi connectivity index (χ4v) is 1.87. The van der Waals surface area contributed by atoms with E-state index in [4.69, 9.17) is 16.7 Å². The summed E-state index contributed by atoms with van der Waals surface area (Å²) in [5.74, 6) is -0.00557. The summed E-state index contributed by atoms with van der Waals surface area (Å²) in [5, 5.41) is 8.84. The molecule has 0 aromatic carbocycles. The van der Waals surface area contributed by atoms with Gasteiger partial charge in [-0.15, -0.1) is 11.6 Å². The molecule has 0 aliphatic heterocycles. The van der Waals surface area contributed by atoms with Crippen LogP contribution in [0, 0.1) is 3.57 Å². The molecule has 0 radical (unpaired) electrons. The fraction of sp³-hybridized carbons (Fsp3) is 0.375. The Hall–Kier alpha value is -0.0100. The Morgan fingerprint density at radius 1 is 1.57 bits per heavy atom. The molecule has 0 fully saturated rings. The second-order valence-electron chi connectivity index (χ2n) is 2.55. The Morgan fingerprint density at radius 2 is 2.21 bits per heavy atom. The van der Waals surface area contributed by atoms with Crippen LogP contribution >= 0.6 is 34.2 Å². The average Bonchev–Trinajstić information content (AvgIpc) is 2.16. The molecule has 0 atom stereocenters. The van der Waals surface area contributed by atoms with E-state index in [-0.39, 0.29) is 23.9 Å². The summed E-state index contributed by atoms with van der Waals surface area (Å²) in [6.45, 7) is -0.347. The highest BCUT2D eigenvalue weighted by atomic mass is 127. The van der Waals surface area contributed by atoms with E-state index in [0.29, 0.717) is 9.13 Å². The van der Waals surface area contributed by atoms with E-state index in [0.717, 1.165) is 0 Å². The van der Waals surface area contributed by atoms with Crippen molar-refractivity contribution in [2.45, 2.75) is 18.9 Å². The molecule has 1 rings (SSSR count). The van der Waals surface area contributed by atoms with E-state index in [1.165, 1.54) is 6.07 Å². The molecule has 1 aromatic heterocycles. The average molecular weight is 334 g/mol. The van der Waals surface area contributed by atoms with Crippen molar-refractivity contribution in [3.8, 4) is 0 Å². The van der Waals surface area contributed by atoms with Gasteiger partial charge in [-0.3, -0.25) is 0 Å². The summed E-state index contributed by atoms with van der Waals surface area (Å²) in [6.07, 6.45) is -2.66. The monoisotopic (exact) mass is 333 g/mol. The standard InChI is InChI=1S/C8H7ClF2INO/c9-2-4-1-5(12)6(3-14)13-7(4)8(10)11/h1,8,14H,2-3H2. The molecule has 14 heavy (non-hydrogen) atoms. The second kappa shape index (κ2) is 5.18. The molecule has 0 amide bonds. The largest absolute Gasteiger partial charge is 0.390 e. The van der Waals surface area contributed by atoms with Gasteiger partial charge < -0.3 is 5.11 Å². The predicted octanol–water partition coefficient (Wildman–Crippen LogP) is 2.85. The Bertz CT molecular complexity index is 335.